The quantitative estimate of drug-likeness (QED) is 0.787. The maximum Gasteiger partial charge on any atom is 0.255 e. The molecular formula is C15H19N3O. The lowest BCUT2D eigenvalue weighted by molar-refractivity contribution is 0.0510. The monoisotopic (exact) mass is 257 g/mol. The van der Waals surface area contributed by atoms with Crippen LogP contribution in [0.4, 0.5) is 0 Å². The van der Waals surface area contributed by atoms with Crippen molar-refractivity contribution in [2.75, 3.05) is 0 Å². The zero-order chi connectivity index (χ0) is 13.4. The molecule has 1 amide bonds. The Balaban J connectivity index is 1.93. The van der Waals surface area contributed by atoms with E-state index in [2.05, 4.69) is 18.8 Å². The van der Waals surface area contributed by atoms with Crippen LogP contribution in [0.1, 0.15) is 43.5 Å². The van der Waals surface area contributed by atoms with Crippen molar-refractivity contribution in [3.63, 3.8) is 0 Å². The molecule has 1 aliphatic heterocycles. The fourth-order valence-electron chi connectivity index (χ4n) is 3.02. The summed E-state index contributed by atoms with van der Waals surface area (Å²) in [6.07, 6.45) is 8.91. The highest BCUT2D eigenvalue weighted by molar-refractivity contribution is 5.94. The van der Waals surface area contributed by atoms with Gasteiger partial charge in [0.25, 0.3) is 5.91 Å². The average Bonchev–Trinajstić information content (AvgIpc) is 2.85. The van der Waals surface area contributed by atoms with Crippen LogP contribution < -0.4 is 0 Å². The highest BCUT2D eigenvalue weighted by Gasteiger charge is 2.29. The van der Waals surface area contributed by atoms with Gasteiger partial charge < -0.3 is 9.30 Å². The van der Waals surface area contributed by atoms with Crippen LogP contribution in [0.25, 0.3) is 5.65 Å². The second-order valence-electron chi connectivity index (χ2n) is 5.45. The van der Waals surface area contributed by atoms with Crippen molar-refractivity contribution < 1.29 is 4.79 Å². The third-order valence-electron chi connectivity index (χ3n) is 4.06. The third kappa shape index (κ3) is 2.11. The Morgan fingerprint density at radius 3 is 2.74 bits per heavy atom. The molecule has 0 bridgehead atoms. The fourth-order valence-corrected chi connectivity index (χ4v) is 3.02. The predicted molar refractivity (Wildman–Crippen MR) is 74.1 cm³/mol. The first-order valence-electron chi connectivity index (χ1n) is 6.92. The van der Waals surface area contributed by atoms with E-state index in [4.69, 9.17) is 0 Å². The first-order valence-corrected chi connectivity index (χ1v) is 6.92. The fraction of sp³-hybridized carbons (Fsp3) is 0.467. The smallest absolute Gasteiger partial charge is 0.255 e. The van der Waals surface area contributed by atoms with E-state index in [1.165, 1.54) is 6.42 Å². The van der Waals surface area contributed by atoms with Gasteiger partial charge in [0.05, 0.1) is 5.56 Å². The maximum absolute atomic E-state index is 12.7. The Labute approximate surface area is 113 Å². The Bertz CT molecular complexity index is 594. The summed E-state index contributed by atoms with van der Waals surface area (Å²) in [6.45, 7) is 4.28. The van der Waals surface area contributed by atoms with Crippen molar-refractivity contribution in [1.82, 2.24) is 14.3 Å². The summed E-state index contributed by atoms with van der Waals surface area (Å²) in [7, 11) is 0. The molecule has 100 valence electrons. The molecule has 0 radical (unpaired) electrons. The van der Waals surface area contributed by atoms with Gasteiger partial charge in [0.15, 0.2) is 0 Å². The van der Waals surface area contributed by atoms with E-state index in [0.717, 1.165) is 24.1 Å². The van der Waals surface area contributed by atoms with Gasteiger partial charge in [-0.05, 0) is 45.2 Å². The summed E-state index contributed by atoms with van der Waals surface area (Å²) in [5, 5.41) is 0. The minimum absolute atomic E-state index is 0.135. The predicted octanol–water partition coefficient (Wildman–Crippen LogP) is 2.74. The normalized spacial score (nSPS) is 23.8. The highest BCUT2D eigenvalue weighted by atomic mass is 16.2. The number of hydrogen-bond donors (Lipinski definition) is 0. The summed E-state index contributed by atoms with van der Waals surface area (Å²) in [6, 6.07) is 4.43. The van der Waals surface area contributed by atoms with Gasteiger partial charge in [-0.1, -0.05) is 0 Å². The number of hydrogen-bond acceptors (Lipinski definition) is 2. The van der Waals surface area contributed by atoms with Gasteiger partial charge in [-0.3, -0.25) is 4.79 Å². The van der Waals surface area contributed by atoms with E-state index in [1.54, 1.807) is 6.20 Å². The molecule has 1 fully saturated rings. The average molecular weight is 257 g/mol. The number of imidazole rings is 1. The number of nitrogens with zero attached hydrogens (tertiary/aromatic N) is 3. The zero-order valence-corrected chi connectivity index (χ0v) is 11.4. The van der Waals surface area contributed by atoms with Crippen LogP contribution in [0.5, 0.6) is 0 Å². The van der Waals surface area contributed by atoms with Gasteiger partial charge in [-0.2, -0.15) is 0 Å². The lowest BCUT2D eigenvalue weighted by atomic mass is 9.96. The third-order valence-corrected chi connectivity index (χ3v) is 4.06. The summed E-state index contributed by atoms with van der Waals surface area (Å²) < 4.78 is 1.90. The van der Waals surface area contributed by atoms with Gasteiger partial charge >= 0.3 is 0 Å². The Hall–Kier alpha value is -1.84. The molecule has 4 heteroatoms. The molecule has 2 unspecified atom stereocenters. The molecular weight excluding hydrogens is 238 g/mol. The number of likely N-dealkylation sites (tertiary alicyclic amines) is 1. The second kappa shape index (κ2) is 4.68. The van der Waals surface area contributed by atoms with Gasteiger partial charge in [0.1, 0.15) is 5.65 Å². The summed E-state index contributed by atoms with van der Waals surface area (Å²) >= 11 is 0. The lowest BCUT2D eigenvalue weighted by Crippen LogP contribution is -2.47. The number of fused-ring (bicyclic) bond motifs is 1. The molecule has 2 aromatic heterocycles. The number of rotatable bonds is 1. The van der Waals surface area contributed by atoms with E-state index in [-0.39, 0.29) is 5.91 Å². The Morgan fingerprint density at radius 1 is 1.26 bits per heavy atom. The molecule has 0 aliphatic carbocycles. The molecule has 1 aliphatic rings. The van der Waals surface area contributed by atoms with Gasteiger partial charge in [0.2, 0.25) is 0 Å². The molecule has 2 aromatic rings. The van der Waals surface area contributed by atoms with E-state index >= 15 is 0 Å². The van der Waals surface area contributed by atoms with Crippen LogP contribution in [-0.2, 0) is 0 Å². The first kappa shape index (κ1) is 12.2. The number of carbonyl (C=O) groups is 1. The van der Waals surface area contributed by atoms with Crippen LogP contribution in [0.3, 0.4) is 0 Å². The van der Waals surface area contributed by atoms with Crippen LogP contribution in [0, 0.1) is 0 Å². The molecule has 3 rings (SSSR count). The molecule has 0 spiro atoms. The Morgan fingerprint density at radius 2 is 2.00 bits per heavy atom. The van der Waals surface area contributed by atoms with E-state index in [9.17, 15) is 4.79 Å². The molecule has 4 nitrogen and oxygen atoms in total. The number of piperidine rings is 1. The molecule has 19 heavy (non-hydrogen) atoms. The lowest BCUT2D eigenvalue weighted by Gasteiger charge is -2.39. The Kier molecular flexibility index (Phi) is 3.01. The molecule has 0 saturated carbocycles. The topological polar surface area (TPSA) is 37.6 Å². The number of pyridine rings is 1. The minimum atomic E-state index is 0.135. The van der Waals surface area contributed by atoms with Crippen molar-refractivity contribution in [3.05, 3.63) is 36.3 Å². The summed E-state index contributed by atoms with van der Waals surface area (Å²) in [4.78, 5) is 18.9. The van der Waals surface area contributed by atoms with E-state index < -0.39 is 0 Å². The minimum Gasteiger partial charge on any atom is -0.333 e. The standard InChI is InChI=1S/C15H19N3O/c1-11-4-3-5-12(2)18(11)15(19)13-6-7-14-16-8-9-17(14)10-13/h6-12H,3-5H2,1-2H3. The first-order chi connectivity index (χ1) is 9.16. The highest BCUT2D eigenvalue weighted by Crippen LogP contribution is 2.24. The van der Waals surface area contributed by atoms with Crippen LogP contribution in [0.2, 0.25) is 0 Å². The van der Waals surface area contributed by atoms with Crippen LogP contribution >= 0.6 is 0 Å². The van der Waals surface area contributed by atoms with Gasteiger partial charge in [-0.25, -0.2) is 4.98 Å². The van der Waals surface area contributed by atoms with Gasteiger partial charge in [-0.15, -0.1) is 0 Å². The van der Waals surface area contributed by atoms with Crippen molar-refractivity contribution in [1.29, 1.82) is 0 Å². The maximum atomic E-state index is 12.7. The molecule has 0 aromatic carbocycles. The van der Waals surface area contributed by atoms with E-state index in [1.807, 2.05) is 33.8 Å². The molecule has 1 saturated heterocycles. The molecule has 3 heterocycles. The SMILES string of the molecule is CC1CCCC(C)N1C(=O)c1ccc2nccn2c1. The summed E-state index contributed by atoms with van der Waals surface area (Å²) in [5.41, 5.74) is 1.61. The van der Waals surface area contributed by atoms with Crippen molar-refractivity contribution >= 4 is 11.6 Å². The van der Waals surface area contributed by atoms with Crippen molar-refractivity contribution in [2.45, 2.75) is 45.2 Å². The number of aromatic nitrogens is 2. The van der Waals surface area contributed by atoms with Crippen molar-refractivity contribution in [2.24, 2.45) is 0 Å². The number of carbonyl (C=O) groups excluding carboxylic acids is 1. The molecule has 2 atom stereocenters. The largest absolute Gasteiger partial charge is 0.333 e. The van der Waals surface area contributed by atoms with Crippen molar-refractivity contribution in [3.8, 4) is 0 Å². The number of amides is 1. The van der Waals surface area contributed by atoms with Crippen LogP contribution in [-0.4, -0.2) is 32.3 Å². The van der Waals surface area contributed by atoms with E-state index in [0.29, 0.717) is 12.1 Å². The van der Waals surface area contributed by atoms with Crippen LogP contribution in [0.15, 0.2) is 30.7 Å². The summed E-state index contributed by atoms with van der Waals surface area (Å²) in [5.74, 6) is 0.135. The van der Waals surface area contributed by atoms with Gasteiger partial charge in [0, 0.05) is 30.7 Å². The zero-order valence-electron chi connectivity index (χ0n) is 11.4. The molecule has 0 N–H and O–H groups in total. The second-order valence-corrected chi connectivity index (χ2v) is 5.45.